The number of aryl methyl sites for hydroxylation is 1. The molecule has 58 valence electrons. The number of hydrogen-bond acceptors (Lipinski definition) is 1. The third kappa shape index (κ3) is 1.99. The van der Waals surface area contributed by atoms with Gasteiger partial charge in [0.05, 0.1) is 0 Å². The number of halogens is 1. The number of rotatable bonds is 1. The summed E-state index contributed by atoms with van der Waals surface area (Å²) < 4.78 is 0.771. The second kappa shape index (κ2) is 3.62. The van der Waals surface area contributed by atoms with Crippen LogP contribution in [0.25, 0.3) is 0 Å². The molecule has 0 aromatic heterocycles. The molecule has 0 aliphatic rings. The molecule has 0 saturated carbocycles. The Kier molecular flexibility index (Phi) is 3.00. The minimum absolute atomic E-state index is 0.727. The van der Waals surface area contributed by atoms with E-state index in [4.69, 9.17) is 23.8 Å². The van der Waals surface area contributed by atoms with Gasteiger partial charge in [-0.2, -0.15) is 0 Å². The van der Waals surface area contributed by atoms with Crippen LogP contribution in [-0.2, 0) is 0 Å². The molecule has 1 aromatic rings. The van der Waals surface area contributed by atoms with E-state index >= 15 is 0 Å². The summed E-state index contributed by atoms with van der Waals surface area (Å²) in [6.45, 7) is 2.00. The van der Waals surface area contributed by atoms with Gasteiger partial charge in [-0.05, 0) is 18.6 Å². The van der Waals surface area contributed by atoms with Crippen molar-refractivity contribution < 1.29 is 0 Å². The summed E-state index contributed by atoms with van der Waals surface area (Å²) in [5, 5.41) is 0.727. The molecule has 0 spiro atoms. The van der Waals surface area contributed by atoms with Crippen molar-refractivity contribution in [1.82, 2.24) is 0 Å². The molecule has 0 aliphatic heterocycles. The summed E-state index contributed by atoms with van der Waals surface area (Å²) >= 11 is 10.9. The normalized spacial score (nSPS) is 9.73. The van der Waals surface area contributed by atoms with Crippen molar-refractivity contribution >= 4 is 37.7 Å². The lowest BCUT2D eigenvalue weighted by atomic mass is 10.1. The number of benzene rings is 1. The summed E-state index contributed by atoms with van der Waals surface area (Å²) in [5.74, 6) is 0. The molecule has 0 aliphatic carbocycles. The van der Waals surface area contributed by atoms with Crippen LogP contribution in [0.3, 0.4) is 0 Å². The van der Waals surface area contributed by atoms with Crippen molar-refractivity contribution in [2.24, 2.45) is 0 Å². The first-order valence-corrected chi connectivity index (χ1v) is 4.54. The Morgan fingerprint density at radius 1 is 1.55 bits per heavy atom. The second-order valence-corrected chi connectivity index (χ2v) is 4.14. The van der Waals surface area contributed by atoms with E-state index in [9.17, 15) is 0 Å². The fourth-order valence-electron chi connectivity index (χ4n) is 0.944. The largest absolute Gasteiger partial charge is 0.0929 e. The van der Waals surface area contributed by atoms with Crippen LogP contribution in [-0.4, -0.2) is 4.61 Å². The zero-order chi connectivity index (χ0) is 8.43. The van der Waals surface area contributed by atoms with Crippen LogP contribution < -0.4 is 0 Å². The summed E-state index contributed by atoms with van der Waals surface area (Å²) in [5.41, 5.74) is 2.09. The van der Waals surface area contributed by atoms with E-state index < -0.39 is 0 Å². The van der Waals surface area contributed by atoms with Gasteiger partial charge in [-0.1, -0.05) is 45.2 Å². The summed E-state index contributed by atoms with van der Waals surface area (Å²) in [6.07, 6.45) is 0. The third-order valence-electron chi connectivity index (χ3n) is 1.47. The maximum absolute atomic E-state index is 5.92. The monoisotopic (exact) mass is 202 g/mol. The summed E-state index contributed by atoms with van der Waals surface area (Å²) in [6, 6.07) is 5.77. The Hall–Kier alpha value is 0.0300. The maximum Gasteiger partial charge on any atom is 0.0495 e. The Balaban J connectivity index is 3.32. The lowest BCUT2D eigenvalue weighted by Crippen LogP contribution is -1.91. The van der Waals surface area contributed by atoms with Gasteiger partial charge in [0.25, 0.3) is 0 Å². The molecule has 3 heteroatoms. The van der Waals surface area contributed by atoms with E-state index in [1.54, 1.807) is 0 Å². The minimum Gasteiger partial charge on any atom is -0.0929 e. The van der Waals surface area contributed by atoms with Gasteiger partial charge in [0, 0.05) is 15.2 Å². The van der Waals surface area contributed by atoms with E-state index in [2.05, 4.69) is 9.24 Å². The first kappa shape index (κ1) is 9.12. The molecule has 0 saturated heterocycles. The third-order valence-corrected chi connectivity index (χ3v) is 2.28. The molecule has 0 heterocycles. The highest BCUT2D eigenvalue weighted by Gasteiger charge is 2.03. The van der Waals surface area contributed by atoms with Gasteiger partial charge in [-0.25, -0.2) is 0 Å². The standard InChI is InChI=1S/C8H8ClPS/c1-5-3-2-4-6(9)7(5)8(10)11/h2-4H,10H2,1H3. The van der Waals surface area contributed by atoms with E-state index in [1.807, 2.05) is 25.1 Å². The second-order valence-electron chi connectivity index (χ2n) is 2.30. The highest BCUT2D eigenvalue weighted by molar-refractivity contribution is 7.90. The maximum atomic E-state index is 5.92. The molecule has 11 heavy (non-hydrogen) atoms. The predicted molar refractivity (Wildman–Crippen MR) is 57.6 cm³/mol. The molecule has 1 rings (SSSR count). The summed E-state index contributed by atoms with van der Waals surface area (Å²) in [4.78, 5) is 0. The Labute approximate surface area is 79.2 Å². The first-order valence-electron chi connectivity index (χ1n) is 3.18. The van der Waals surface area contributed by atoms with Gasteiger partial charge >= 0.3 is 0 Å². The van der Waals surface area contributed by atoms with Gasteiger partial charge in [-0.15, -0.1) is 0 Å². The van der Waals surface area contributed by atoms with Crippen LogP contribution in [0.15, 0.2) is 18.2 Å². The van der Waals surface area contributed by atoms with Crippen LogP contribution in [0.2, 0.25) is 5.02 Å². The van der Waals surface area contributed by atoms with Gasteiger partial charge in [0.15, 0.2) is 0 Å². The molecule has 1 aromatic carbocycles. The van der Waals surface area contributed by atoms with E-state index in [0.717, 1.165) is 20.8 Å². The lowest BCUT2D eigenvalue weighted by Gasteiger charge is -2.04. The molecule has 0 N–H and O–H groups in total. The summed E-state index contributed by atoms with van der Waals surface area (Å²) in [7, 11) is 2.49. The topological polar surface area (TPSA) is 0 Å². The van der Waals surface area contributed by atoms with Crippen LogP contribution in [0, 0.1) is 6.92 Å². The highest BCUT2D eigenvalue weighted by Crippen LogP contribution is 2.22. The fourth-order valence-corrected chi connectivity index (χ4v) is 2.07. The molecular weight excluding hydrogens is 195 g/mol. The quantitative estimate of drug-likeness (QED) is 0.498. The first-order chi connectivity index (χ1) is 5.13. The molecule has 0 fully saturated rings. The highest BCUT2D eigenvalue weighted by atomic mass is 35.5. The minimum atomic E-state index is 0.727. The van der Waals surface area contributed by atoms with Gasteiger partial charge in [-0.3, -0.25) is 0 Å². The molecule has 1 atom stereocenters. The van der Waals surface area contributed by atoms with Crippen molar-refractivity contribution in [3.05, 3.63) is 34.3 Å². The fraction of sp³-hybridized carbons (Fsp3) is 0.125. The average molecular weight is 203 g/mol. The number of hydrogen-bond donors (Lipinski definition) is 0. The van der Waals surface area contributed by atoms with Crippen molar-refractivity contribution in [2.45, 2.75) is 6.92 Å². The Morgan fingerprint density at radius 3 is 2.55 bits per heavy atom. The molecule has 1 unspecified atom stereocenters. The SMILES string of the molecule is Cc1cccc(Cl)c1C(P)=S. The average Bonchev–Trinajstić information content (AvgIpc) is 1.85. The zero-order valence-electron chi connectivity index (χ0n) is 6.10. The van der Waals surface area contributed by atoms with E-state index in [-0.39, 0.29) is 0 Å². The Bertz CT molecular complexity index is 276. The van der Waals surface area contributed by atoms with E-state index in [1.165, 1.54) is 0 Å². The smallest absolute Gasteiger partial charge is 0.0495 e. The van der Waals surface area contributed by atoms with Crippen molar-refractivity contribution in [3.63, 3.8) is 0 Å². The Morgan fingerprint density at radius 2 is 2.18 bits per heavy atom. The van der Waals surface area contributed by atoms with Gasteiger partial charge in [0.1, 0.15) is 0 Å². The predicted octanol–water partition coefficient (Wildman–Crippen LogP) is 3.20. The van der Waals surface area contributed by atoms with Gasteiger partial charge < -0.3 is 0 Å². The molecule has 0 nitrogen and oxygen atoms in total. The number of thiocarbonyl (C=S) groups is 1. The molecule has 0 radical (unpaired) electrons. The van der Waals surface area contributed by atoms with Crippen LogP contribution in [0.5, 0.6) is 0 Å². The molecule has 0 amide bonds. The van der Waals surface area contributed by atoms with Crippen molar-refractivity contribution in [2.75, 3.05) is 0 Å². The van der Waals surface area contributed by atoms with E-state index in [0.29, 0.717) is 0 Å². The molecule has 0 bridgehead atoms. The van der Waals surface area contributed by atoms with Gasteiger partial charge in [0.2, 0.25) is 0 Å². The van der Waals surface area contributed by atoms with Crippen LogP contribution in [0.1, 0.15) is 11.1 Å². The van der Waals surface area contributed by atoms with Crippen molar-refractivity contribution in [3.8, 4) is 0 Å². The van der Waals surface area contributed by atoms with Crippen LogP contribution in [0.4, 0.5) is 0 Å². The van der Waals surface area contributed by atoms with Crippen molar-refractivity contribution in [1.29, 1.82) is 0 Å². The van der Waals surface area contributed by atoms with Crippen LogP contribution >= 0.6 is 33.1 Å². The molecular formula is C8H8ClPS. The zero-order valence-corrected chi connectivity index (χ0v) is 8.82. The lowest BCUT2D eigenvalue weighted by molar-refractivity contribution is 1.46.